The molecular weight excluding hydrogens is 475 g/mol. The maximum Gasteiger partial charge on any atom is 0.387 e. The first-order chi connectivity index (χ1) is 12.1. The number of hydrogen-bond acceptors (Lipinski definition) is 4. The molecule has 2 rings (SSSR count). The van der Waals surface area contributed by atoms with Crippen molar-refractivity contribution in [1.82, 2.24) is 5.32 Å². The summed E-state index contributed by atoms with van der Waals surface area (Å²) in [4.78, 5) is 5.44. The minimum Gasteiger partial charge on any atom is -0.490 e. The van der Waals surface area contributed by atoms with Crippen LogP contribution in [0.1, 0.15) is 17.4 Å². The van der Waals surface area contributed by atoms with Crippen LogP contribution in [0.25, 0.3) is 0 Å². The first-order valence-corrected chi connectivity index (χ1v) is 8.73. The smallest absolute Gasteiger partial charge is 0.387 e. The Bertz CT molecular complexity index is 685. The molecule has 0 aliphatic heterocycles. The number of thiophene rings is 1. The van der Waals surface area contributed by atoms with Crippen molar-refractivity contribution >= 4 is 41.3 Å². The third-order valence-electron chi connectivity index (χ3n) is 3.24. The zero-order valence-corrected chi connectivity index (χ0v) is 17.4. The first kappa shape index (κ1) is 22.4. The van der Waals surface area contributed by atoms with Gasteiger partial charge < -0.3 is 20.5 Å². The molecule has 0 radical (unpaired) electrons. The van der Waals surface area contributed by atoms with E-state index in [-0.39, 0.29) is 48.0 Å². The Labute approximate surface area is 172 Å². The van der Waals surface area contributed by atoms with Crippen molar-refractivity contribution in [3.8, 4) is 11.5 Å². The number of rotatable bonds is 9. The van der Waals surface area contributed by atoms with Gasteiger partial charge in [0.1, 0.15) is 0 Å². The fourth-order valence-electron chi connectivity index (χ4n) is 2.17. The van der Waals surface area contributed by atoms with Crippen LogP contribution >= 0.6 is 35.3 Å². The Hall–Kier alpha value is -1.62. The van der Waals surface area contributed by atoms with Gasteiger partial charge in [0.25, 0.3) is 0 Å². The number of para-hydroxylation sites is 1. The standard InChI is InChI=1S/C17H21F2N3O2S.HI/c1-2-23-14-7-3-5-12(15(14)24-16(18)19)11-22-17(20)21-9-8-13-6-4-10-25-13;/h3-7,10,16H,2,8-9,11H2,1H3,(H3,20,21,22);1H. The second-order valence-electron chi connectivity index (χ2n) is 5.01. The highest BCUT2D eigenvalue weighted by Crippen LogP contribution is 2.33. The third-order valence-corrected chi connectivity index (χ3v) is 4.18. The molecule has 26 heavy (non-hydrogen) atoms. The molecule has 0 aliphatic rings. The quantitative estimate of drug-likeness (QED) is 0.312. The van der Waals surface area contributed by atoms with Gasteiger partial charge >= 0.3 is 6.61 Å². The van der Waals surface area contributed by atoms with Crippen LogP contribution in [-0.2, 0) is 13.0 Å². The first-order valence-electron chi connectivity index (χ1n) is 7.85. The molecule has 0 saturated carbocycles. The number of alkyl halides is 2. The molecule has 0 amide bonds. The molecule has 0 unspecified atom stereocenters. The van der Waals surface area contributed by atoms with Crippen LogP contribution in [-0.4, -0.2) is 25.7 Å². The summed E-state index contributed by atoms with van der Waals surface area (Å²) in [6.07, 6.45) is 0.841. The molecule has 3 N–H and O–H groups in total. The summed E-state index contributed by atoms with van der Waals surface area (Å²) in [5.41, 5.74) is 6.31. The number of ether oxygens (including phenoxy) is 2. The number of nitrogens with two attached hydrogens (primary N) is 1. The lowest BCUT2D eigenvalue weighted by atomic mass is 10.2. The zero-order valence-electron chi connectivity index (χ0n) is 14.3. The number of halogens is 3. The van der Waals surface area contributed by atoms with Crippen LogP contribution in [0.5, 0.6) is 11.5 Å². The van der Waals surface area contributed by atoms with E-state index < -0.39 is 6.61 Å². The van der Waals surface area contributed by atoms with Gasteiger partial charge in [0.05, 0.1) is 13.2 Å². The van der Waals surface area contributed by atoms with Gasteiger partial charge in [-0.3, -0.25) is 0 Å². The second-order valence-corrected chi connectivity index (χ2v) is 6.05. The maximum absolute atomic E-state index is 12.7. The number of hydrogen-bond donors (Lipinski definition) is 2. The van der Waals surface area contributed by atoms with Crippen molar-refractivity contribution in [2.45, 2.75) is 26.5 Å². The summed E-state index contributed by atoms with van der Waals surface area (Å²) in [5, 5.41) is 5.02. The summed E-state index contributed by atoms with van der Waals surface area (Å²) in [5.74, 6) is 0.510. The van der Waals surface area contributed by atoms with E-state index in [1.807, 2.05) is 17.5 Å². The van der Waals surface area contributed by atoms with Gasteiger partial charge in [0, 0.05) is 17.0 Å². The molecule has 1 aromatic carbocycles. The third kappa shape index (κ3) is 7.32. The lowest BCUT2D eigenvalue weighted by molar-refractivity contribution is -0.0520. The monoisotopic (exact) mass is 497 g/mol. The van der Waals surface area contributed by atoms with Gasteiger partial charge in [-0.25, -0.2) is 4.99 Å². The van der Waals surface area contributed by atoms with E-state index in [4.69, 9.17) is 10.5 Å². The average molecular weight is 497 g/mol. The minimum atomic E-state index is -2.94. The van der Waals surface area contributed by atoms with Crippen molar-refractivity contribution in [1.29, 1.82) is 0 Å². The molecule has 0 fully saturated rings. The van der Waals surface area contributed by atoms with Gasteiger partial charge in [0.2, 0.25) is 0 Å². The highest BCUT2D eigenvalue weighted by Gasteiger charge is 2.15. The Kier molecular flexibility index (Phi) is 10.3. The highest BCUT2D eigenvalue weighted by molar-refractivity contribution is 14.0. The van der Waals surface area contributed by atoms with E-state index in [1.165, 1.54) is 4.88 Å². The Morgan fingerprint density at radius 1 is 1.31 bits per heavy atom. The van der Waals surface area contributed by atoms with Gasteiger partial charge in [-0.1, -0.05) is 18.2 Å². The van der Waals surface area contributed by atoms with Crippen LogP contribution in [0.2, 0.25) is 0 Å². The summed E-state index contributed by atoms with van der Waals surface area (Å²) in [6.45, 7) is -0.0630. The predicted molar refractivity (Wildman–Crippen MR) is 111 cm³/mol. The number of nitrogens with zero attached hydrogens (tertiary/aromatic N) is 1. The number of aliphatic imine (C=N–C) groups is 1. The minimum absolute atomic E-state index is 0. The lowest BCUT2D eigenvalue weighted by Crippen LogP contribution is -2.33. The van der Waals surface area contributed by atoms with Crippen LogP contribution in [0.4, 0.5) is 8.78 Å². The van der Waals surface area contributed by atoms with Crippen molar-refractivity contribution < 1.29 is 18.3 Å². The molecule has 1 heterocycles. The van der Waals surface area contributed by atoms with Gasteiger partial charge in [-0.2, -0.15) is 8.78 Å². The lowest BCUT2D eigenvalue weighted by Gasteiger charge is -2.14. The number of nitrogens with one attached hydrogen (secondary N) is 1. The topological polar surface area (TPSA) is 68.9 Å². The maximum atomic E-state index is 12.7. The summed E-state index contributed by atoms with van der Waals surface area (Å²) in [6, 6.07) is 8.98. The number of guanidine groups is 1. The molecule has 0 saturated heterocycles. The zero-order chi connectivity index (χ0) is 18.1. The van der Waals surface area contributed by atoms with Crippen molar-refractivity contribution in [3.63, 3.8) is 0 Å². The Morgan fingerprint density at radius 3 is 2.77 bits per heavy atom. The van der Waals surface area contributed by atoms with Crippen LogP contribution < -0.4 is 20.5 Å². The predicted octanol–water partition coefficient (Wildman–Crippen LogP) is 4.01. The average Bonchev–Trinajstić information content (AvgIpc) is 3.08. The Morgan fingerprint density at radius 2 is 2.12 bits per heavy atom. The van der Waals surface area contributed by atoms with E-state index in [9.17, 15) is 8.78 Å². The normalized spacial score (nSPS) is 11.2. The molecule has 0 spiro atoms. The van der Waals surface area contributed by atoms with Crippen LogP contribution in [0.3, 0.4) is 0 Å². The molecule has 9 heteroatoms. The molecular formula is C17H22F2IN3O2S. The van der Waals surface area contributed by atoms with Crippen molar-refractivity contribution in [2.24, 2.45) is 10.7 Å². The van der Waals surface area contributed by atoms with Crippen molar-refractivity contribution in [2.75, 3.05) is 13.2 Å². The molecule has 0 atom stereocenters. The van der Waals surface area contributed by atoms with E-state index >= 15 is 0 Å². The van der Waals surface area contributed by atoms with Gasteiger partial charge in [-0.15, -0.1) is 35.3 Å². The molecule has 144 valence electrons. The van der Waals surface area contributed by atoms with Crippen molar-refractivity contribution in [3.05, 3.63) is 46.2 Å². The second kappa shape index (κ2) is 11.9. The highest BCUT2D eigenvalue weighted by atomic mass is 127. The van der Waals surface area contributed by atoms with E-state index in [0.717, 1.165) is 6.42 Å². The molecule has 0 aliphatic carbocycles. The molecule has 0 bridgehead atoms. The Balaban J connectivity index is 0.00000338. The summed E-state index contributed by atoms with van der Waals surface area (Å²) >= 11 is 1.68. The molecule has 5 nitrogen and oxygen atoms in total. The summed E-state index contributed by atoms with van der Waals surface area (Å²) < 4.78 is 35.3. The van der Waals surface area contributed by atoms with Gasteiger partial charge in [-0.05, 0) is 30.9 Å². The van der Waals surface area contributed by atoms with E-state index in [2.05, 4.69) is 15.0 Å². The fourth-order valence-corrected chi connectivity index (χ4v) is 2.88. The SMILES string of the molecule is CCOc1cccc(CN=C(N)NCCc2cccs2)c1OC(F)F.I. The fraction of sp³-hybridized carbons (Fsp3) is 0.353. The summed E-state index contributed by atoms with van der Waals surface area (Å²) in [7, 11) is 0. The van der Waals surface area contributed by atoms with Crippen LogP contribution in [0.15, 0.2) is 40.7 Å². The van der Waals surface area contributed by atoms with E-state index in [0.29, 0.717) is 18.7 Å². The largest absolute Gasteiger partial charge is 0.490 e. The molecule has 1 aromatic heterocycles. The van der Waals surface area contributed by atoms with Crippen LogP contribution in [0, 0.1) is 0 Å². The molecule has 2 aromatic rings. The number of benzene rings is 1. The van der Waals surface area contributed by atoms with E-state index in [1.54, 1.807) is 36.5 Å². The van der Waals surface area contributed by atoms with Gasteiger partial charge in [0.15, 0.2) is 17.5 Å².